The van der Waals surface area contributed by atoms with E-state index in [1.54, 1.807) is 26.2 Å². The Kier molecular flexibility index (Phi) is 6.34. The van der Waals surface area contributed by atoms with Crippen molar-refractivity contribution in [3.63, 3.8) is 0 Å². The smallest absolute Gasteiger partial charge is 0.355 e. The van der Waals surface area contributed by atoms with E-state index in [9.17, 15) is 18.0 Å². The van der Waals surface area contributed by atoms with E-state index in [0.717, 1.165) is 12.1 Å². The van der Waals surface area contributed by atoms with Gasteiger partial charge in [-0.3, -0.25) is 4.79 Å². The molecule has 0 aliphatic heterocycles. The van der Waals surface area contributed by atoms with Gasteiger partial charge in [0.1, 0.15) is 0 Å². The molecule has 2 aromatic carbocycles. The summed E-state index contributed by atoms with van der Waals surface area (Å²) in [5.74, 6) is 5.13. The number of nitrogens with one attached hydrogen (secondary N) is 1. The summed E-state index contributed by atoms with van der Waals surface area (Å²) in [6.07, 6.45) is -4.47. The molecular formula is C18H19F3N6O. The fraction of sp³-hybridized carbons (Fsp3) is 0.222. The molecule has 0 saturated heterocycles. The van der Waals surface area contributed by atoms with Gasteiger partial charge in [-0.2, -0.15) is 23.4 Å². The van der Waals surface area contributed by atoms with Crippen molar-refractivity contribution in [3.8, 4) is 0 Å². The Balaban J connectivity index is 2.53. The molecule has 0 aromatic heterocycles. The Morgan fingerprint density at radius 1 is 1.14 bits per heavy atom. The van der Waals surface area contributed by atoms with Crippen molar-refractivity contribution in [3.05, 3.63) is 59.2 Å². The minimum Gasteiger partial charge on any atom is -0.355 e. The Hall–Kier alpha value is -3.43. The molecule has 0 unspecified atom stereocenters. The zero-order valence-electron chi connectivity index (χ0n) is 15.4. The topological polar surface area (TPSA) is 95.4 Å². The molecule has 0 spiro atoms. The molecule has 2 rings (SSSR count). The van der Waals surface area contributed by atoms with Gasteiger partial charge in [0.15, 0.2) is 0 Å². The van der Waals surface area contributed by atoms with Crippen LogP contribution < -0.4 is 11.2 Å². The molecule has 28 heavy (non-hydrogen) atoms. The highest BCUT2D eigenvalue weighted by atomic mass is 19.4. The molecule has 0 saturated carbocycles. The lowest BCUT2D eigenvalue weighted by molar-refractivity contribution is -0.137. The van der Waals surface area contributed by atoms with Gasteiger partial charge in [-0.15, -0.1) is 5.11 Å². The number of rotatable bonds is 4. The number of hydrazone groups is 1. The van der Waals surface area contributed by atoms with Gasteiger partial charge >= 0.3 is 6.18 Å². The van der Waals surface area contributed by atoms with E-state index in [4.69, 9.17) is 5.84 Å². The van der Waals surface area contributed by atoms with Crippen LogP contribution in [0, 0.1) is 0 Å². The van der Waals surface area contributed by atoms with E-state index in [2.05, 4.69) is 20.6 Å². The van der Waals surface area contributed by atoms with Gasteiger partial charge in [-0.1, -0.05) is 6.07 Å². The number of hydrogen-bond donors (Lipinski definition) is 2. The SMILES string of the molecule is CN=N/C(=N\N)c1cc(C(=O)N(C)C)ccc1Nc1cccc(C(F)(F)F)c1. The lowest BCUT2D eigenvalue weighted by atomic mass is 10.1. The third kappa shape index (κ3) is 4.84. The van der Waals surface area contributed by atoms with Crippen molar-refractivity contribution in [2.75, 3.05) is 26.5 Å². The number of anilines is 2. The van der Waals surface area contributed by atoms with E-state index in [1.165, 1.54) is 30.1 Å². The average molecular weight is 392 g/mol. The van der Waals surface area contributed by atoms with Crippen molar-refractivity contribution in [2.45, 2.75) is 6.18 Å². The lowest BCUT2D eigenvalue weighted by Gasteiger charge is -2.16. The Morgan fingerprint density at radius 3 is 2.43 bits per heavy atom. The molecular weight excluding hydrogens is 373 g/mol. The van der Waals surface area contributed by atoms with E-state index < -0.39 is 11.7 Å². The second kappa shape index (κ2) is 8.51. The van der Waals surface area contributed by atoms with Crippen molar-refractivity contribution in [1.82, 2.24) is 4.90 Å². The number of carbonyl (C=O) groups excluding carboxylic acids is 1. The zero-order valence-corrected chi connectivity index (χ0v) is 15.4. The van der Waals surface area contributed by atoms with Gasteiger partial charge in [-0.05, 0) is 36.4 Å². The number of nitrogens with zero attached hydrogens (tertiary/aromatic N) is 4. The molecule has 0 aliphatic rings. The molecule has 0 fully saturated rings. The van der Waals surface area contributed by atoms with E-state index in [1.807, 2.05) is 0 Å². The highest BCUT2D eigenvalue weighted by Gasteiger charge is 2.30. The fourth-order valence-electron chi connectivity index (χ4n) is 2.40. The number of nitrogens with two attached hydrogens (primary N) is 1. The normalized spacial score (nSPS) is 12.3. The molecule has 10 heteroatoms. The van der Waals surface area contributed by atoms with E-state index in [0.29, 0.717) is 16.8 Å². The Labute approximate surface area is 159 Å². The second-order valence-corrected chi connectivity index (χ2v) is 5.92. The van der Waals surface area contributed by atoms with Crippen LogP contribution in [0.15, 0.2) is 57.8 Å². The maximum absolute atomic E-state index is 13.0. The summed E-state index contributed by atoms with van der Waals surface area (Å²) in [7, 11) is 4.61. The molecule has 1 amide bonds. The second-order valence-electron chi connectivity index (χ2n) is 5.92. The number of hydrogen-bond acceptors (Lipinski definition) is 5. The van der Waals surface area contributed by atoms with Gasteiger partial charge < -0.3 is 16.1 Å². The molecule has 0 atom stereocenters. The van der Waals surface area contributed by atoms with Crippen LogP contribution >= 0.6 is 0 Å². The minimum absolute atomic E-state index is 0.0189. The third-order valence-electron chi connectivity index (χ3n) is 3.70. The van der Waals surface area contributed by atoms with Crippen molar-refractivity contribution >= 4 is 23.1 Å². The molecule has 0 aliphatic carbocycles. The number of benzene rings is 2. The van der Waals surface area contributed by atoms with Gasteiger partial charge in [0.25, 0.3) is 5.91 Å². The van der Waals surface area contributed by atoms with Gasteiger partial charge in [0.05, 0.1) is 5.56 Å². The minimum atomic E-state index is -4.47. The fourth-order valence-corrected chi connectivity index (χ4v) is 2.40. The number of alkyl halides is 3. The number of amidine groups is 1. The lowest BCUT2D eigenvalue weighted by Crippen LogP contribution is -2.22. The Morgan fingerprint density at radius 2 is 1.86 bits per heavy atom. The largest absolute Gasteiger partial charge is 0.416 e. The van der Waals surface area contributed by atoms with Gasteiger partial charge in [0, 0.05) is 43.6 Å². The highest BCUT2D eigenvalue weighted by molar-refractivity contribution is 6.06. The first-order chi connectivity index (χ1) is 13.2. The van der Waals surface area contributed by atoms with Crippen LogP contribution in [0.25, 0.3) is 0 Å². The highest BCUT2D eigenvalue weighted by Crippen LogP contribution is 2.32. The summed E-state index contributed by atoms with van der Waals surface area (Å²) in [5.41, 5.74) is 0.429. The Bertz CT molecular complexity index is 922. The number of halogens is 3. The van der Waals surface area contributed by atoms with Crippen molar-refractivity contribution in [2.24, 2.45) is 21.2 Å². The summed E-state index contributed by atoms with van der Waals surface area (Å²) in [6.45, 7) is 0. The molecule has 7 nitrogen and oxygen atoms in total. The molecule has 3 N–H and O–H groups in total. The standard InChI is InChI=1S/C18H19F3N6O/c1-23-26-16(25-22)14-9-11(17(28)27(2)3)7-8-15(14)24-13-6-4-5-12(10-13)18(19,20)21/h4-10,24H,22H2,1-3H3/b25-16-,26-23?. The third-order valence-corrected chi connectivity index (χ3v) is 3.70. The van der Waals surface area contributed by atoms with Crippen LogP contribution in [-0.2, 0) is 6.18 Å². The number of azo groups is 1. The first-order valence-electron chi connectivity index (χ1n) is 8.05. The first kappa shape index (κ1) is 20.9. The van der Waals surface area contributed by atoms with Crippen LogP contribution in [0.2, 0.25) is 0 Å². The monoisotopic (exact) mass is 392 g/mol. The van der Waals surface area contributed by atoms with E-state index in [-0.39, 0.29) is 17.4 Å². The molecule has 0 bridgehead atoms. The molecule has 2 aromatic rings. The molecule has 0 heterocycles. The van der Waals surface area contributed by atoms with Crippen molar-refractivity contribution < 1.29 is 18.0 Å². The molecule has 148 valence electrons. The van der Waals surface area contributed by atoms with Gasteiger partial charge in [0.2, 0.25) is 5.84 Å². The first-order valence-corrected chi connectivity index (χ1v) is 8.05. The van der Waals surface area contributed by atoms with Crippen LogP contribution in [0.3, 0.4) is 0 Å². The van der Waals surface area contributed by atoms with E-state index >= 15 is 0 Å². The maximum Gasteiger partial charge on any atom is 0.416 e. The average Bonchev–Trinajstić information content (AvgIpc) is 2.65. The zero-order chi connectivity index (χ0) is 20.9. The van der Waals surface area contributed by atoms with Crippen molar-refractivity contribution in [1.29, 1.82) is 0 Å². The van der Waals surface area contributed by atoms with Crippen LogP contribution in [0.5, 0.6) is 0 Å². The van der Waals surface area contributed by atoms with Crippen LogP contribution in [0.1, 0.15) is 21.5 Å². The molecule has 0 radical (unpaired) electrons. The summed E-state index contributed by atoms with van der Waals surface area (Å²) in [4.78, 5) is 13.6. The maximum atomic E-state index is 13.0. The predicted octanol–water partition coefficient (Wildman–Crippen LogP) is 3.85. The van der Waals surface area contributed by atoms with Gasteiger partial charge in [-0.25, -0.2) is 0 Å². The van der Waals surface area contributed by atoms with Crippen LogP contribution in [-0.4, -0.2) is 37.8 Å². The quantitative estimate of drug-likeness (QED) is 0.272. The predicted molar refractivity (Wildman–Crippen MR) is 101 cm³/mol. The van der Waals surface area contributed by atoms with Crippen LogP contribution in [0.4, 0.5) is 24.5 Å². The summed E-state index contributed by atoms with van der Waals surface area (Å²) in [6, 6.07) is 9.31. The number of amides is 1. The summed E-state index contributed by atoms with van der Waals surface area (Å²) in [5, 5.41) is 13.9. The summed E-state index contributed by atoms with van der Waals surface area (Å²) >= 11 is 0. The number of carbonyl (C=O) groups is 1. The summed E-state index contributed by atoms with van der Waals surface area (Å²) < 4.78 is 38.9.